The zero-order valence-corrected chi connectivity index (χ0v) is 12.0. The summed E-state index contributed by atoms with van der Waals surface area (Å²) in [6, 6.07) is 8.01. The topological polar surface area (TPSA) is 55.4 Å². The van der Waals surface area contributed by atoms with Gasteiger partial charge in [0.25, 0.3) is 0 Å². The zero-order chi connectivity index (χ0) is 13.6. The fraction of sp³-hybridized carbons (Fsp3) is 0.538. The van der Waals surface area contributed by atoms with Gasteiger partial charge >= 0.3 is 0 Å². The number of hydrogen-bond donors (Lipinski definition) is 1. The Morgan fingerprint density at radius 1 is 1.28 bits per heavy atom. The van der Waals surface area contributed by atoms with Crippen molar-refractivity contribution >= 4 is 9.84 Å². The molecule has 1 unspecified atom stereocenters. The van der Waals surface area contributed by atoms with Crippen molar-refractivity contribution in [3.05, 3.63) is 29.8 Å². The van der Waals surface area contributed by atoms with Gasteiger partial charge in [0, 0.05) is 12.3 Å². The second-order valence-corrected chi connectivity index (χ2v) is 6.72. The van der Waals surface area contributed by atoms with Crippen molar-refractivity contribution in [3.63, 3.8) is 0 Å². The van der Waals surface area contributed by atoms with Gasteiger partial charge in [0.1, 0.15) is 15.6 Å². The van der Waals surface area contributed by atoms with E-state index in [0.29, 0.717) is 6.42 Å². The maximum Gasteiger partial charge on any atom is 0.147 e. The van der Waals surface area contributed by atoms with Crippen molar-refractivity contribution in [2.75, 3.05) is 26.2 Å². The van der Waals surface area contributed by atoms with Crippen molar-refractivity contribution in [2.24, 2.45) is 0 Å². The first kappa shape index (κ1) is 15.0. The molecule has 0 saturated carbocycles. The molecule has 0 aliphatic carbocycles. The molecule has 1 atom stereocenters. The van der Waals surface area contributed by atoms with E-state index < -0.39 is 9.84 Å². The van der Waals surface area contributed by atoms with Crippen molar-refractivity contribution in [1.29, 1.82) is 0 Å². The lowest BCUT2D eigenvalue weighted by atomic mass is 10.0. The Bertz CT molecular complexity index is 454. The van der Waals surface area contributed by atoms with Crippen LogP contribution in [-0.4, -0.2) is 40.6 Å². The van der Waals surface area contributed by atoms with Gasteiger partial charge in [0.2, 0.25) is 0 Å². The fourth-order valence-electron chi connectivity index (χ4n) is 1.75. The summed E-state index contributed by atoms with van der Waals surface area (Å²) in [6.07, 6.45) is 2.71. The average molecular weight is 271 g/mol. The number of hydrogen-bond acceptors (Lipinski definition) is 4. The summed E-state index contributed by atoms with van der Waals surface area (Å²) >= 11 is 0. The second kappa shape index (κ2) is 6.75. The van der Waals surface area contributed by atoms with Gasteiger partial charge in [-0.1, -0.05) is 12.1 Å². The third-order valence-electron chi connectivity index (χ3n) is 2.89. The zero-order valence-electron chi connectivity index (χ0n) is 11.1. The number of likely N-dealkylation sites (N-methyl/N-ethyl adjacent to an activating group) is 1. The molecule has 0 aliphatic rings. The van der Waals surface area contributed by atoms with Gasteiger partial charge in [0.15, 0.2) is 0 Å². The summed E-state index contributed by atoms with van der Waals surface area (Å²) in [5, 5.41) is 3.16. The monoisotopic (exact) mass is 271 g/mol. The average Bonchev–Trinajstić information content (AvgIpc) is 2.34. The molecule has 1 rings (SSSR count). The van der Waals surface area contributed by atoms with E-state index in [1.165, 1.54) is 11.8 Å². The normalized spacial score (nSPS) is 13.3. The van der Waals surface area contributed by atoms with Crippen LogP contribution in [0.25, 0.3) is 0 Å². The first-order valence-corrected chi connectivity index (χ1v) is 7.98. The Kier molecular flexibility index (Phi) is 5.62. The summed E-state index contributed by atoms with van der Waals surface area (Å²) in [6.45, 7) is 0. The van der Waals surface area contributed by atoms with E-state index in [1.54, 1.807) is 7.11 Å². The lowest BCUT2D eigenvalue weighted by Crippen LogP contribution is -2.29. The molecule has 0 heterocycles. The molecule has 0 aliphatic heterocycles. The van der Waals surface area contributed by atoms with Crippen LogP contribution in [0.3, 0.4) is 0 Å². The van der Waals surface area contributed by atoms with Gasteiger partial charge in [-0.2, -0.15) is 0 Å². The Hall–Kier alpha value is -1.07. The minimum Gasteiger partial charge on any atom is -0.497 e. The SMILES string of the molecule is CNC(CCS(C)(=O)=O)Cc1ccc(OC)cc1. The quantitative estimate of drug-likeness (QED) is 0.811. The minimum atomic E-state index is -2.89. The maximum atomic E-state index is 11.1. The molecule has 102 valence electrons. The Balaban J connectivity index is 2.56. The molecule has 4 nitrogen and oxygen atoms in total. The molecule has 0 saturated heterocycles. The van der Waals surface area contributed by atoms with E-state index in [-0.39, 0.29) is 11.8 Å². The lowest BCUT2D eigenvalue weighted by Gasteiger charge is -2.15. The van der Waals surface area contributed by atoms with Crippen LogP contribution in [0.2, 0.25) is 0 Å². The van der Waals surface area contributed by atoms with E-state index in [4.69, 9.17) is 4.74 Å². The van der Waals surface area contributed by atoms with Crippen LogP contribution in [0.5, 0.6) is 5.75 Å². The van der Waals surface area contributed by atoms with Crippen molar-refractivity contribution in [1.82, 2.24) is 5.32 Å². The summed E-state index contributed by atoms with van der Waals surface area (Å²) in [7, 11) is 0.602. The third-order valence-corrected chi connectivity index (χ3v) is 3.86. The molecule has 1 aromatic rings. The minimum absolute atomic E-state index is 0.174. The van der Waals surface area contributed by atoms with Crippen LogP contribution in [0, 0.1) is 0 Å². The maximum absolute atomic E-state index is 11.1. The van der Waals surface area contributed by atoms with Crippen molar-refractivity contribution in [2.45, 2.75) is 18.9 Å². The predicted octanol–water partition coefficient (Wildman–Crippen LogP) is 1.26. The highest BCUT2D eigenvalue weighted by Gasteiger charge is 2.11. The molecule has 1 N–H and O–H groups in total. The van der Waals surface area contributed by atoms with Crippen LogP contribution in [0.15, 0.2) is 24.3 Å². The third kappa shape index (κ3) is 5.51. The molecule has 18 heavy (non-hydrogen) atoms. The molecular weight excluding hydrogens is 250 g/mol. The van der Waals surface area contributed by atoms with Gasteiger partial charge in [-0.3, -0.25) is 0 Å². The first-order chi connectivity index (χ1) is 8.44. The Morgan fingerprint density at radius 2 is 1.89 bits per heavy atom. The molecule has 0 bridgehead atoms. The molecular formula is C13H21NO3S. The van der Waals surface area contributed by atoms with Crippen LogP contribution in [-0.2, 0) is 16.3 Å². The van der Waals surface area contributed by atoms with Gasteiger partial charge < -0.3 is 10.1 Å². The van der Waals surface area contributed by atoms with Gasteiger partial charge in [-0.05, 0) is 37.6 Å². The van der Waals surface area contributed by atoms with Crippen LogP contribution >= 0.6 is 0 Å². The van der Waals surface area contributed by atoms with Crippen LogP contribution in [0.1, 0.15) is 12.0 Å². The number of ether oxygens (including phenoxy) is 1. The Morgan fingerprint density at radius 3 is 2.33 bits per heavy atom. The highest BCUT2D eigenvalue weighted by molar-refractivity contribution is 7.90. The van der Waals surface area contributed by atoms with Gasteiger partial charge in [-0.15, -0.1) is 0 Å². The molecule has 0 amide bonds. The standard InChI is InChI=1S/C13H21NO3S/c1-14-12(8-9-18(3,15)16)10-11-4-6-13(17-2)7-5-11/h4-7,12,14H,8-10H2,1-3H3. The Labute approximate surface area is 109 Å². The largest absolute Gasteiger partial charge is 0.497 e. The van der Waals surface area contributed by atoms with Crippen molar-refractivity contribution < 1.29 is 13.2 Å². The predicted molar refractivity (Wildman–Crippen MR) is 73.9 cm³/mol. The van der Waals surface area contributed by atoms with Crippen LogP contribution in [0.4, 0.5) is 0 Å². The van der Waals surface area contributed by atoms with E-state index in [0.717, 1.165) is 12.2 Å². The first-order valence-electron chi connectivity index (χ1n) is 5.92. The number of rotatable bonds is 7. The molecule has 0 aromatic heterocycles. The smallest absolute Gasteiger partial charge is 0.147 e. The number of methoxy groups -OCH3 is 1. The number of sulfone groups is 1. The molecule has 5 heteroatoms. The summed E-state index contributed by atoms with van der Waals surface area (Å²) in [4.78, 5) is 0. The second-order valence-electron chi connectivity index (χ2n) is 4.46. The van der Waals surface area contributed by atoms with Crippen molar-refractivity contribution in [3.8, 4) is 5.75 Å². The van der Waals surface area contributed by atoms with Gasteiger partial charge in [0.05, 0.1) is 12.9 Å². The van der Waals surface area contributed by atoms with E-state index >= 15 is 0 Å². The molecule has 0 spiro atoms. The molecule has 1 aromatic carbocycles. The number of nitrogens with one attached hydrogen (secondary N) is 1. The van der Waals surface area contributed by atoms with E-state index in [1.807, 2.05) is 31.3 Å². The highest BCUT2D eigenvalue weighted by atomic mass is 32.2. The van der Waals surface area contributed by atoms with Crippen LogP contribution < -0.4 is 10.1 Å². The lowest BCUT2D eigenvalue weighted by molar-refractivity contribution is 0.414. The van der Waals surface area contributed by atoms with E-state index in [2.05, 4.69) is 5.32 Å². The number of benzene rings is 1. The summed E-state index contributed by atoms with van der Waals surface area (Å²) in [5.74, 6) is 1.05. The van der Waals surface area contributed by atoms with E-state index in [9.17, 15) is 8.42 Å². The van der Waals surface area contributed by atoms with Gasteiger partial charge in [-0.25, -0.2) is 8.42 Å². The summed E-state index contributed by atoms with van der Waals surface area (Å²) < 4.78 is 27.4. The fourth-order valence-corrected chi connectivity index (χ4v) is 2.46. The summed E-state index contributed by atoms with van der Waals surface area (Å²) in [5.41, 5.74) is 1.17. The highest BCUT2D eigenvalue weighted by Crippen LogP contribution is 2.13. The molecule has 0 fully saturated rings. The molecule has 0 radical (unpaired) electrons.